The van der Waals surface area contributed by atoms with E-state index in [-0.39, 0.29) is 12.3 Å². The standard InChI is InChI=1S/C25H32F2N2OS/c1-24(2)14-20(15-25(3,4)16-24)28-18-7-5-17(6-8-18)13-22(30)29-19-9-11-21(12-10-19)31-23(26)27/h5-12,20,23,28H,13-16H2,1-4H3,(H,29,30). The number of carbonyl (C=O) groups excluding carboxylic acids is 1. The van der Waals surface area contributed by atoms with Crippen LogP contribution in [-0.4, -0.2) is 17.7 Å². The molecule has 0 saturated heterocycles. The van der Waals surface area contributed by atoms with Crippen LogP contribution in [0.15, 0.2) is 53.4 Å². The van der Waals surface area contributed by atoms with Gasteiger partial charge in [0, 0.05) is 22.3 Å². The zero-order valence-electron chi connectivity index (χ0n) is 18.7. The summed E-state index contributed by atoms with van der Waals surface area (Å²) in [5.41, 5.74) is 3.26. The number of anilines is 2. The number of alkyl halides is 2. The second-order valence-corrected chi connectivity index (χ2v) is 11.1. The molecule has 0 aliphatic heterocycles. The van der Waals surface area contributed by atoms with Crippen molar-refractivity contribution in [1.29, 1.82) is 0 Å². The molecule has 3 rings (SSSR count). The minimum atomic E-state index is -2.45. The van der Waals surface area contributed by atoms with Crippen molar-refractivity contribution in [1.82, 2.24) is 0 Å². The summed E-state index contributed by atoms with van der Waals surface area (Å²) >= 11 is 0.490. The van der Waals surface area contributed by atoms with Crippen LogP contribution in [-0.2, 0) is 11.2 Å². The van der Waals surface area contributed by atoms with Crippen molar-refractivity contribution >= 4 is 29.0 Å². The van der Waals surface area contributed by atoms with E-state index in [1.54, 1.807) is 24.3 Å². The molecule has 2 N–H and O–H groups in total. The van der Waals surface area contributed by atoms with E-state index >= 15 is 0 Å². The lowest BCUT2D eigenvalue weighted by molar-refractivity contribution is -0.115. The maximum absolute atomic E-state index is 12.4. The Kier molecular flexibility index (Phi) is 7.30. The van der Waals surface area contributed by atoms with Crippen LogP contribution < -0.4 is 10.6 Å². The fourth-order valence-electron chi connectivity index (χ4n) is 5.01. The van der Waals surface area contributed by atoms with Gasteiger partial charge in [0.2, 0.25) is 5.91 Å². The zero-order chi connectivity index (χ0) is 22.6. The number of thioether (sulfide) groups is 1. The number of amides is 1. The van der Waals surface area contributed by atoms with Gasteiger partial charge in [0.25, 0.3) is 5.76 Å². The molecule has 2 aromatic rings. The maximum atomic E-state index is 12.4. The number of nitrogens with one attached hydrogen (secondary N) is 2. The van der Waals surface area contributed by atoms with Crippen LogP contribution in [0, 0.1) is 10.8 Å². The normalized spacial score (nSPS) is 18.0. The highest BCUT2D eigenvalue weighted by atomic mass is 32.2. The van der Waals surface area contributed by atoms with Crippen LogP contribution >= 0.6 is 11.8 Å². The van der Waals surface area contributed by atoms with Crippen molar-refractivity contribution in [2.75, 3.05) is 10.6 Å². The van der Waals surface area contributed by atoms with E-state index in [0.29, 0.717) is 39.2 Å². The van der Waals surface area contributed by atoms with Crippen molar-refractivity contribution < 1.29 is 13.6 Å². The van der Waals surface area contributed by atoms with Gasteiger partial charge in [-0.2, -0.15) is 8.78 Å². The quantitative estimate of drug-likeness (QED) is 0.442. The molecule has 0 atom stereocenters. The molecule has 168 valence electrons. The van der Waals surface area contributed by atoms with Crippen molar-refractivity contribution in [3.05, 3.63) is 54.1 Å². The highest BCUT2D eigenvalue weighted by Gasteiger charge is 2.38. The van der Waals surface area contributed by atoms with Gasteiger partial charge in [0.05, 0.1) is 6.42 Å². The monoisotopic (exact) mass is 446 g/mol. The lowest BCUT2D eigenvalue weighted by atomic mass is 9.63. The molecule has 0 heterocycles. The molecule has 0 unspecified atom stereocenters. The molecule has 31 heavy (non-hydrogen) atoms. The van der Waals surface area contributed by atoms with Gasteiger partial charge < -0.3 is 10.6 Å². The summed E-state index contributed by atoms with van der Waals surface area (Å²) in [4.78, 5) is 12.8. The van der Waals surface area contributed by atoms with Crippen molar-refractivity contribution in [3.8, 4) is 0 Å². The van der Waals surface area contributed by atoms with Gasteiger partial charge in [0.15, 0.2) is 0 Å². The van der Waals surface area contributed by atoms with Crippen LogP contribution in [0.2, 0.25) is 0 Å². The minimum absolute atomic E-state index is 0.134. The van der Waals surface area contributed by atoms with Crippen molar-refractivity contribution in [2.24, 2.45) is 10.8 Å². The summed E-state index contributed by atoms with van der Waals surface area (Å²) < 4.78 is 24.8. The van der Waals surface area contributed by atoms with Crippen molar-refractivity contribution in [3.63, 3.8) is 0 Å². The van der Waals surface area contributed by atoms with Crippen LogP contribution in [0.3, 0.4) is 0 Å². The van der Waals surface area contributed by atoms with Gasteiger partial charge in [-0.25, -0.2) is 0 Å². The third-order valence-corrected chi connectivity index (χ3v) is 6.33. The summed E-state index contributed by atoms with van der Waals surface area (Å²) in [6.07, 6.45) is 3.79. The maximum Gasteiger partial charge on any atom is 0.288 e. The minimum Gasteiger partial charge on any atom is -0.382 e. The first-order valence-electron chi connectivity index (χ1n) is 10.7. The number of hydrogen-bond acceptors (Lipinski definition) is 3. The Labute approximate surface area is 188 Å². The number of rotatable bonds is 7. The molecule has 1 saturated carbocycles. The molecule has 3 nitrogen and oxygen atoms in total. The fourth-order valence-corrected chi connectivity index (χ4v) is 5.51. The summed E-state index contributed by atoms with van der Waals surface area (Å²) in [7, 11) is 0. The van der Waals surface area contributed by atoms with Gasteiger partial charge in [-0.1, -0.05) is 51.6 Å². The van der Waals surface area contributed by atoms with E-state index in [0.717, 1.165) is 24.1 Å². The molecular formula is C25H32F2N2OS. The first kappa shape index (κ1) is 23.6. The highest BCUT2D eigenvalue weighted by Crippen LogP contribution is 2.46. The Hall–Kier alpha value is -2.08. The summed E-state index contributed by atoms with van der Waals surface area (Å²) in [6.45, 7) is 9.37. The molecule has 1 fully saturated rings. The molecule has 1 amide bonds. The molecule has 2 aromatic carbocycles. The predicted octanol–water partition coefficient (Wildman–Crippen LogP) is 7.20. The van der Waals surface area contributed by atoms with Crippen LogP contribution in [0.1, 0.15) is 52.5 Å². The lowest BCUT2D eigenvalue weighted by Gasteiger charge is -2.45. The van der Waals surface area contributed by atoms with E-state index in [9.17, 15) is 13.6 Å². The number of hydrogen-bond donors (Lipinski definition) is 2. The topological polar surface area (TPSA) is 41.1 Å². The van der Waals surface area contributed by atoms with Crippen molar-refractivity contribution in [2.45, 2.75) is 70.1 Å². The van der Waals surface area contributed by atoms with E-state index in [1.807, 2.05) is 24.3 Å². The summed E-state index contributed by atoms with van der Waals surface area (Å²) in [5, 5.41) is 6.49. The molecule has 0 spiro atoms. The largest absolute Gasteiger partial charge is 0.382 e. The van der Waals surface area contributed by atoms with Crippen LogP contribution in [0.4, 0.5) is 20.2 Å². The van der Waals surface area contributed by atoms with Crippen LogP contribution in [0.5, 0.6) is 0 Å². The zero-order valence-corrected chi connectivity index (χ0v) is 19.5. The smallest absolute Gasteiger partial charge is 0.288 e. The van der Waals surface area contributed by atoms with Crippen LogP contribution in [0.25, 0.3) is 0 Å². The Bertz CT molecular complexity index is 863. The highest BCUT2D eigenvalue weighted by molar-refractivity contribution is 7.99. The molecule has 1 aliphatic rings. The number of carbonyl (C=O) groups is 1. The molecular weight excluding hydrogens is 414 g/mol. The molecule has 0 bridgehead atoms. The van der Waals surface area contributed by atoms with E-state index in [4.69, 9.17) is 0 Å². The Balaban J connectivity index is 1.52. The average Bonchev–Trinajstić information content (AvgIpc) is 2.62. The number of halogens is 2. The van der Waals surface area contributed by atoms with E-state index < -0.39 is 5.76 Å². The summed E-state index contributed by atoms with van der Waals surface area (Å²) in [6, 6.07) is 14.9. The van der Waals surface area contributed by atoms with E-state index in [2.05, 4.69) is 38.3 Å². The van der Waals surface area contributed by atoms with Gasteiger partial charge in [-0.15, -0.1) is 0 Å². The first-order valence-corrected chi connectivity index (χ1v) is 11.6. The van der Waals surface area contributed by atoms with Gasteiger partial charge >= 0.3 is 0 Å². The average molecular weight is 447 g/mol. The lowest BCUT2D eigenvalue weighted by Crippen LogP contribution is -2.40. The molecule has 0 aromatic heterocycles. The predicted molar refractivity (Wildman–Crippen MR) is 126 cm³/mol. The number of benzene rings is 2. The van der Waals surface area contributed by atoms with E-state index in [1.165, 1.54) is 6.42 Å². The van der Waals surface area contributed by atoms with Gasteiger partial charge in [-0.05, 0) is 72.1 Å². The molecule has 6 heteroatoms. The molecule has 0 radical (unpaired) electrons. The first-order chi connectivity index (χ1) is 14.5. The SMILES string of the molecule is CC1(C)CC(Nc2ccc(CC(=O)Nc3ccc(SC(F)F)cc3)cc2)CC(C)(C)C1. The Morgan fingerprint density at radius 3 is 2.06 bits per heavy atom. The Morgan fingerprint density at radius 2 is 1.52 bits per heavy atom. The van der Waals surface area contributed by atoms with Gasteiger partial charge in [0.1, 0.15) is 0 Å². The van der Waals surface area contributed by atoms with Gasteiger partial charge in [-0.3, -0.25) is 4.79 Å². The Morgan fingerprint density at radius 1 is 0.968 bits per heavy atom. The third-order valence-electron chi connectivity index (χ3n) is 5.61. The second kappa shape index (κ2) is 9.60. The second-order valence-electron chi connectivity index (χ2n) is 10.1. The fraction of sp³-hybridized carbons (Fsp3) is 0.480. The third kappa shape index (κ3) is 7.53. The summed E-state index contributed by atoms with van der Waals surface area (Å²) in [5.74, 6) is -2.58. The molecule has 1 aliphatic carbocycles.